The number of pyridine rings is 1. The number of hydrogen-bond donors (Lipinski definition) is 1. The average Bonchev–Trinajstić information content (AvgIpc) is 2.26. The van der Waals surface area contributed by atoms with Gasteiger partial charge < -0.3 is 5.32 Å². The van der Waals surface area contributed by atoms with E-state index in [0.29, 0.717) is 16.0 Å². The molecule has 0 aliphatic carbocycles. The highest BCUT2D eigenvalue weighted by Gasteiger charge is 2.09. The van der Waals surface area contributed by atoms with E-state index in [9.17, 15) is 4.39 Å². The minimum Gasteiger partial charge on any atom is -0.336 e. The van der Waals surface area contributed by atoms with E-state index in [2.05, 4.69) is 58.1 Å². The van der Waals surface area contributed by atoms with E-state index in [1.54, 1.807) is 18.3 Å². The van der Waals surface area contributed by atoms with Crippen molar-refractivity contribution >= 4 is 59.3 Å². The molecule has 1 N–H and O–H groups in total. The normalized spacial score (nSPS) is 10.4. The number of nitrogens with zero attached hydrogens (tertiary/aromatic N) is 1. The van der Waals surface area contributed by atoms with Crippen molar-refractivity contribution in [1.29, 1.82) is 0 Å². The number of halogens is 4. The molecule has 0 fully saturated rings. The van der Waals surface area contributed by atoms with Crippen molar-refractivity contribution in [2.24, 2.45) is 0 Å². The molecule has 0 unspecified atom stereocenters. The summed E-state index contributed by atoms with van der Waals surface area (Å²) in [5, 5.41) is 2.94. The van der Waals surface area contributed by atoms with Crippen LogP contribution in [0.2, 0.25) is 0 Å². The van der Waals surface area contributed by atoms with Crippen molar-refractivity contribution in [3.63, 3.8) is 0 Å². The summed E-state index contributed by atoms with van der Waals surface area (Å²) < 4.78 is 15.9. The summed E-state index contributed by atoms with van der Waals surface area (Å²) in [5.41, 5.74) is 0.364. The van der Waals surface area contributed by atoms with Crippen LogP contribution in [0.25, 0.3) is 0 Å². The third-order valence-corrected chi connectivity index (χ3v) is 3.71. The van der Waals surface area contributed by atoms with Gasteiger partial charge in [-0.2, -0.15) is 0 Å². The van der Waals surface area contributed by atoms with Crippen LogP contribution < -0.4 is 5.32 Å². The van der Waals surface area contributed by atoms with Crippen LogP contribution >= 0.6 is 47.8 Å². The number of benzene rings is 1. The molecule has 17 heavy (non-hydrogen) atoms. The Kier molecular flexibility index (Phi) is 4.17. The van der Waals surface area contributed by atoms with E-state index in [4.69, 9.17) is 0 Å². The Morgan fingerprint density at radius 1 is 1.12 bits per heavy atom. The van der Waals surface area contributed by atoms with Crippen LogP contribution in [0, 0.1) is 5.82 Å². The van der Waals surface area contributed by atoms with Gasteiger partial charge in [0.1, 0.15) is 11.6 Å². The Balaban J connectivity index is 2.38. The maximum absolute atomic E-state index is 13.6. The van der Waals surface area contributed by atoms with Gasteiger partial charge in [0.05, 0.1) is 10.2 Å². The molecule has 2 nitrogen and oxygen atoms in total. The van der Waals surface area contributed by atoms with Crippen molar-refractivity contribution in [2.75, 3.05) is 5.32 Å². The predicted octanol–water partition coefficient (Wildman–Crippen LogP) is 5.25. The minimum absolute atomic E-state index is 0.337. The van der Waals surface area contributed by atoms with E-state index in [1.807, 2.05) is 6.07 Å². The highest BCUT2D eigenvalue weighted by molar-refractivity contribution is 9.11. The fourth-order valence-electron chi connectivity index (χ4n) is 1.24. The molecule has 0 radical (unpaired) electrons. The zero-order valence-corrected chi connectivity index (χ0v) is 13.1. The SMILES string of the molecule is Fc1cccc(Br)c1Nc1ncc(Br)cc1Br. The van der Waals surface area contributed by atoms with Crippen molar-refractivity contribution in [3.8, 4) is 0 Å². The van der Waals surface area contributed by atoms with Gasteiger partial charge in [-0.15, -0.1) is 0 Å². The van der Waals surface area contributed by atoms with E-state index >= 15 is 0 Å². The van der Waals surface area contributed by atoms with Crippen molar-refractivity contribution < 1.29 is 4.39 Å². The van der Waals surface area contributed by atoms with Crippen LogP contribution in [0.4, 0.5) is 15.9 Å². The topological polar surface area (TPSA) is 24.9 Å². The number of aromatic nitrogens is 1. The van der Waals surface area contributed by atoms with Crippen LogP contribution in [0.15, 0.2) is 43.9 Å². The predicted molar refractivity (Wildman–Crippen MR) is 77.0 cm³/mol. The van der Waals surface area contributed by atoms with Crippen molar-refractivity contribution in [1.82, 2.24) is 4.98 Å². The molecule has 2 aromatic rings. The van der Waals surface area contributed by atoms with E-state index in [1.165, 1.54) is 6.07 Å². The zero-order chi connectivity index (χ0) is 12.4. The molecule has 0 saturated carbocycles. The summed E-state index contributed by atoms with van der Waals surface area (Å²) in [5.74, 6) is 0.218. The minimum atomic E-state index is -0.337. The Morgan fingerprint density at radius 2 is 1.88 bits per heavy atom. The largest absolute Gasteiger partial charge is 0.336 e. The van der Waals surface area contributed by atoms with Crippen molar-refractivity contribution in [2.45, 2.75) is 0 Å². The number of anilines is 2. The highest BCUT2D eigenvalue weighted by Crippen LogP contribution is 2.31. The number of nitrogens with one attached hydrogen (secondary N) is 1. The van der Waals surface area contributed by atoms with Gasteiger partial charge in [-0.1, -0.05) is 6.07 Å². The summed E-state index contributed by atoms with van der Waals surface area (Å²) in [6.07, 6.45) is 1.64. The average molecular weight is 425 g/mol. The summed E-state index contributed by atoms with van der Waals surface area (Å²) in [4.78, 5) is 4.16. The summed E-state index contributed by atoms with van der Waals surface area (Å²) in [7, 11) is 0. The van der Waals surface area contributed by atoms with Gasteiger partial charge >= 0.3 is 0 Å². The van der Waals surface area contributed by atoms with Crippen LogP contribution in [-0.2, 0) is 0 Å². The lowest BCUT2D eigenvalue weighted by Crippen LogP contribution is -1.98. The Labute approximate surface area is 123 Å². The standard InChI is InChI=1S/C11H6Br3FN2/c12-6-4-8(14)11(16-5-6)17-10-7(13)2-1-3-9(10)15/h1-5H,(H,16,17). The fraction of sp³-hybridized carbons (Fsp3) is 0. The second-order valence-electron chi connectivity index (χ2n) is 3.21. The number of hydrogen-bond acceptors (Lipinski definition) is 2. The lowest BCUT2D eigenvalue weighted by molar-refractivity contribution is 0.631. The fourth-order valence-corrected chi connectivity index (χ4v) is 2.77. The summed E-state index contributed by atoms with van der Waals surface area (Å²) in [6.45, 7) is 0. The van der Waals surface area contributed by atoms with Gasteiger partial charge in [-0.05, 0) is 66.0 Å². The lowest BCUT2D eigenvalue weighted by Gasteiger charge is -2.10. The van der Waals surface area contributed by atoms with Crippen LogP contribution in [-0.4, -0.2) is 4.98 Å². The molecule has 0 aliphatic heterocycles. The molecule has 0 saturated heterocycles. The third-order valence-electron chi connectivity index (χ3n) is 2.01. The van der Waals surface area contributed by atoms with Gasteiger partial charge in [-0.3, -0.25) is 0 Å². The maximum atomic E-state index is 13.6. The molecule has 0 atom stereocenters. The molecule has 1 aromatic heterocycles. The third kappa shape index (κ3) is 3.05. The first-order valence-corrected chi connectivity index (χ1v) is 6.98. The van der Waals surface area contributed by atoms with Crippen LogP contribution in [0.5, 0.6) is 0 Å². The molecular weight excluding hydrogens is 419 g/mol. The van der Waals surface area contributed by atoms with Crippen LogP contribution in [0.3, 0.4) is 0 Å². The molecule has 1 heterocycles. The highest BCUT2D eigenvalue weighted by atomic mass is 79.9. The first-order valence-electron chi connectivity index (χ1n) is 4.60. The molecule has 0 amide bonds. The number of para-hydroxylation sites is 1. The molecule has 0 aliphatic rings. The smallest absolute Gasteiger partial charge is 0.147 e. The Bertz CT molecular complexity index is 540. The molecule has 6 heteroatoms. The van der Waals surface area contributed by atoms with Gasteiger partial charge in [-0.25, -0.2) is 9.37 Å². The van der Waals surface area contributed by atoms with Crippen LogP contribution in [0.1, 0.15) is 0 Å². The summed E-state index contributed by atoms with van der Waals surface area (Å²) in [6, 6.07) is 6.62. The second-order valence-corrected chi connectivity index (χ2v) is 5.83. The molecule has 2 rings (SSSR count). The van der Waals surface area contributed by atoms with E-state index in [-0.39, 0.29) is 5.82 Å². The Morgan fingerprint density at radius 3 is 2.53 bits per heavy atom. The molecule has 0 bridgehead atoms. The molecule has 1 aromatic carbocycles. The zero-order valence-electron chi connectivity index (χ0n) is 8.35. The maximum Gasteiger partial charge on any atom is 0.147 e. The van der Waals surface area contributed by atoms with E-state index < -0.39 is 0 Å². The van der Waals surface area contributed by atoms with Gasteiger partial charge in [0.2, 0.25) is 0 Å². The molecular formula is C11H6Br3FN2. The van der Waals surface area contributed by atoms with Gasteiger partial charge in [0, 0.05) is 15.1 Å². The Hall–Kier alpha value is -0.460. The molecule has 0 spiro atoms. The monoisotopic (exact) mass is 422 g/mol. The quantitative estimate of drug-likeness (QED) is 0.712. The van der Waals surface area contributed by atoms with Gasteiger partial charge in [0.15, 0.2) is 0 Å². The van der Waals surface area contributed by atoms with Crippen molar-refractivity contribution in [3.05, 3.63) is 49.7 Å². The molecule has 88 valence electrons. The number of rotatable bonds is 2. The lowest BCUT2D eigenvalue weighted by atomic mass is 10.3. The van der Waals surface area contributed by atoms with E-state index in [0.717, 1.165) is 8.95 Å². The first kappa shape index (κ1) is 13.0. The summed E-state index contributed by atoms with van der Waals surface area (Å²) >= 11 is 9.96. The van der Waals surface area contributed by atoms with Gasteiger partial charge in [0.25, 0.3) is 0 Å². The first-order chi connectivity index (χ1) is 8.08. The second kappa shape index (κ2) is 5.46.